The molecule has 4 aromatic rings. The van der Waals surface area contributed by atoms with Crippen LogP contribution in [0.4, 0.5) is 28.8 Å². The van der Waals surface area contributed by atoms with Crippen LogP contribution in [0.3, 0.4) is 0 Å². The van der Waals surface area contributed by atoms with Crippen LogP contribution >= 0.6 is 0 Å². The molecule has 1 amide bonds. The minimum Gasteiger partial charge on any atom is -0.338 e. The number of aromatic nitrogens is 5. The highest BCUT2D eigenvalue weighted by molar-refractivity contribution is 5.89. The molecule has 9 heteroatoms. The van der Waals surface area contributed by atoms with E-state index in [9.17, 15) is 4.79 Å². The third kappa shape index (κ3) is 4.19. The molecule has 152 valence electrons. The number of benzene rings is 1. The van der Waals surface area contributed by atoms with Gasteiger partial charge in [-0.3, -0.25) is 9.78 Å². The van der Waals surface area contributed by atoms with Crippen molar-refractivity contribution in [3.63, 3.8) is 0 Å². The Kier molecular flexibility index (Phi) is 5.25. The molecule has 3 aromatic heterocycles. The van der Waals surface area contributed by atoms with E-state index in [4.69, 9.17) is 0 Å². The van der Waals surface area contributed by atoms with E-state index in [-0.39, 0.29) is 11.9 Å². The molecule has 0 spiro atoms. The number of carbonyl (C=O) groups is 1. The van der Waals surface area contributed by atoms with Gasteiger partial charge >= 0.3 is 0 Å². The highest BCUT2D eigenvalue weighted by Crippen LogP contribution is 2.27. The van der Waals surface area contributed by atoms with E-state index in [1.165, 1.54) is 6.92 Å². The van der Waals surface area contributed by atoms with Crippen LogP contribution in [0.2, 0.25) is 0 Å². The van der Waals surface area contributed by atoms with Crippen LogP contribution < -0.4 is 16.0 Å². The first-order valence-electron chi connectivity index (χ1n) is 9.56. The first-order chi connectivity index (χ1) is 14.5. The van der Waals surface area contributed by atoms with Gasteiger partial charge in [-0.1, -0.05) is 0 Å². The number of amides is 1. The first kappa shape index (κ1) is 19.3. The summed E-state index contributed by atoms with van der Waals surface area (Å²) in [5, 5.41) is 9.29. The summed E-state index contributed by atoms with van der Waals surface area (Å²) in [7, 11) is 0. The fourth-order valence-corrected chi connectivity index (χ4v) is 2.98. The number of imidazole rings is 1. The molecule has 0 unspecified atom stereocenters. The van der Waals surface area contributed by atoms with E-state index >= 15 is 0 Å². The molecule has 0 bridgehead atoms. The summed E-state index contributed by atoms with van der Waals surface area (Å²) in [5.41, 5.74) is 3.79. The van der Waals surface area contributed by atoms with Crippen molar-refractivity contribution in [2.45, 2.75) is 26.8 Å². The van der Waals surface area contributed by atoms with Crippen molar-refractivity contribution in [1.82, 2.24) is 24.5 Å². The average Bonchev–Trinajstić information content (AvgIpc) is 3.14. The predicted molar refractivity (Wildman–Crippen MR) is 117 cm³/mol. The highest BCUT2D eigenvalue weighted by Gasteiger charge is 2.15. The number of fused-ring (bicyclic) bond motifs is 1. The normalized spacial score (nSPS) is 10.9. The summed E-state index contributed by atoms with van der Waals surface area (Å²) in [5.74, 6) is 0.927. The van der Waals surface area contributed by atoms with E-state index < -0.39 is 0 Å². The van der Waals surface area contributed by atoms with Crippen LogP contribution in [0, 0.1) is 0 Å². The Hall–Kier alpha value is -4.01. The van der Waals surface area contributed by atoms with Gasteiger partial charge in [0.05, 0.1) is 6.33 Å². The van der Waals surface area contributed by atoms with Gasteiger partial charge in [-0.25, -0.2) is 4.98 Å². The second-order valence-electron chi connectivity index (χ2n) is 7.06. The zero-order valence-corrected chi connectivity index (χ0v) is 16.9. The zero-order valence-electron chi connectivity index (χ0n) is 16.9. The minimum absolute atomic E-state index is 0.112. The van der Waals surface area contributed by atoms with Crippen molar-refractivity contribution in [2.75, 3.05) is 16.0 Å². The molecule has 0 fully saturated rings. The summed E-state index contributed by atoms with van der Waals surface area (Å²) in [6.45, 7) is 5.63. The minimum atomic E-state index is -0.112. The van der Waals surface area contributed by atoms with Gasteiger partial charge in [-0.15, -0.1) is 0 Å². The summed E-state index contributed by atoms with van der Waals surface area (Å²) in [6.07, 6.45) is 5.18. The Morgan fingerprint density at radius 1 is 0.933 bits per heavy atom. The molecule has 0 saturated carbocycles. The molecule has 3 N–H and O–H groups in total. The molecule has 0 saturated heterocycles. The van der Waals surface area contributed by atoms with Gasteiger partial charge in [-0.05, 0) is 50.2 Å². The Morgan fingerprint density at radius 2 is 1.60 bits per heavy atom. The third-order valence-corrected chi connectivity index (χ3v) is 4.38. The number of anilines is 5. The van der Waals surface area contributed by atoms with Crippen molar-refractivity contribution in [3.8, 4) is 0 Å². The van der Waals surface area contributed by atoms with Crippen LogP contribution in [-0.4, -0.2) is 30.4 Å². The van der Waals surface area contributed by atoms with Gasteiger partial charge in [-0.2, -0.15) is 9.97 Å². The monoisotopic (exact) mass is 402 g/mol. The maximum atomic E-state index is 11.2. The van der Waals surface area contributed by atoms with Gasteiger partial charge in [0.25, 0.3) is 0 Å². The smallest absolute Gasteiger partial charge is 0.231 e. The lowest BCUT2D eigenvalue weighted by atomic mass is 10.2. The Morgan fingerprint density at radius 3 is 2.27 bits per heavy atom. The zero-order chi connectivity index (χ0) is 21.1. The number of hydrogen-bond acceptors (Lipinski definition) is 7. The molecule has 0 aliphatic rings. The lowest BCUT2D eigenvalue weighted by Gasteiger charge is -2.12. The molecule has 0 atom stereocenters. The number of rotatable bonds is 6. The second kappa shape index (κ2) is 8.16. The Labute approximate surface area is 173 Å². The standard InChI is InChI=1S/C21H22N8O/c1-13(2)29-12-23-18-19(25-16-6-4-15(5-7-16)24-14(3)30)27-21(28-20(18)29)26-17-8-10-22-11-9-17/h4-13H,1-3H3,(H,24,30)(H2,22,25,26,27,28). The maximum Gasteiger partial charge on any atom is 0.231 e. The summed E-state index contributed by atoms with van der Waals surface area (Å²) < 4.78 is 2.00. The fraction of sp³-hybridized carbons (Fsp3) is 0.190. The average molecular weight is 402 g/mol. The highest BCUT2D eigenvalue weighted by atomic mass is 16.1. The predicted octanol–water partition coefficient (Wildman–Crippen LogP) is 4.25. The molecule has 4 rings (SSSR count). The molecule has 30 heavy (non-hydrogen) atoms. The Bertz CT molecular complexity index is 1170. The third-order valence-electron chi connectivity index (χ3n) is 4.38. The van der Waals surface area contributed by atoms with Crippen molar-refractivity contribution in [1.29, 1.82) is 0 Å². The summed E-state index contributed by atoms with van der Waals surface area (Å²) >= 11 is 0. The maximum absolute atomic E-state index is 11.2. The second-order valence-corrected chi connectivity index (χ2v) is 7.06. The van der Waals surface area contributed by atoms with E-state index in [2.05, 4.69) is 49.7 Å². The quantitative estimate of drug-likeness (QED) is 0.442. The van der Waals surface area contributed by atoms with E-state index in [0.29, 0.717) is 17.3 Å². The summed E-state index contributed by atoms with van der Waals surface area (Å²) in [6, 6.07) is 11.3. The number of pyridine rings is 1. The number of nitrogens with zero attached hydrogens (tertiary/aromatic N) is 5. The van der Waals surface area contributed by atoms with Crippen molar-refractivity contribution in [2.24, 2.45) is 0 Å². The molecule has 0 aliphatic carbocycles. The molecule has 1 aromatic carbocycles. The van der Waals surface area contributed by atoms with Crippen LogP contribution in [0.5, 0.6) is 0 Å². The lowest BCUT2D eigenvalue weighted by Crippen LogP contribution is -2.06. The molecule has 0 aliphatic heterocycles. The molecule has 0 radical (unpaired) electrons. The van der Waals surface area contributed by atoms with E-state index in [1.807, 2.05) is 41.0 Å². The molecule has 9 nitrogen and oxygen atoms in total. The van der Waals surface area contributed by atoms with Crippen LogP contribution in [0.1, 0.15) is 26.8 Å². The van der Waals surface area contributed by atoms with Gasteiger partial charge in [0.15, 0.2) is 17.0 Å². The van der Waals surface area contributed by atoms with Crippen LogP contribution in [0.25, 0.3) is 11.2 Å². The molecule has 3 heterocycles. The van der Waals surface area contributed by atoms with Gasteiger partial charge < -0.3 is 20.5 Å². The van der Waals surface area contributed by atoms with Crippen molar-refractivity contribution >= 4 is 45.9 Å². The first-order valence-corrected chi connectivity index (χ1v) is 9.56. The topological polar surface area (TPSA) is 110 Å². The number of carbonyl (C=O) groups excluding carboxylic acids is 1. The number of hydrogen-bond donors (Lipinski definition) is 3. The van der Waals surface area contributed by atoms with Gasteiger partial charge in [0.2, 0.25) is 11.9 Å². The lowest BCUT2D eigenvalue weighted by molar-refractivity contribution is -0.114. The Balaban J connectivity index is 1.71. The fourth-order valence-electron chi connectivity index (χ4n) is 2.98. The SMILES string of the molecule is CC(=O)Nc1ccc(Nc2nc(Nc3ccncc3)nc3c2ncn3C(C)C)cc1. The van der Waals surface area contributed by atoms with Crippen molar-refractivity contribution < 1.29 is 4.79 Å². The molecular formula is C21H22N8O. The van der Waals surface area contributed by atoms with E-state index in [1.54, 1.807) is 18.7 Å². The largest absolute Gasteiger partial charge is 0.338 e. The van der Waals surface area contributed by atoms with Crippen LogP contribution in [-0.2, 0) is 4.79 Å². The van der Waals surface area contributed by atoms with Gasteiger partial charge in [0, 0.05) is 42.4 Å². The summed E-state index contributed by atoms with van der Waals surface area (Å²) in [4.78, 5) is 29.1. The van der Waals surface area contributed by atoms with Crippen LogP contribution in [0.15, 0.2) is 55.1 Å². The van der Waals surface area contributed by atoms with Gasteiger partial charge in [0.1, 0.15) is 0 Å². The van der Waals surface area contributed by atoms with Crippen molar-refractivity contribution in [3.05, 3.63) is 55.1 Å². The molecular weight excluding hydrogens is 380 g/mol. The number of nitrogens with one attached hydrogen (secondary N) is 3. The van der Waals surface area contributed by atoms with E-state index in [0.717, 1.165) is 22.7 Å².